The van der Waals surface area contributed by atoms with E-state index in [1.54, 1.807) is 0 Å². The van der Waals surface area contributed by atoms with E-state index in [4.69, 9.17) is 9.47 Å². The van der Waals surface area contributed by atoms with E-state index in [1.165, 1.54) is 0 Å². The van der Waals surface area contributed by atoms with Gasteiger partial charge < -0.3 is 19.5 Å². The highest BCUT2D eigenvalue weighted by Crippen LogP contribution is 2.33. The Morgan fingerprint density at radius 2 is 1.81 bits per heavy atom. The second kappa shape index (κ2) is 6.24. The largest absolute Gasteiger partial charge is 0.486 e. The molecule has 1 aliphatic rings. The highest BCUT2D eigenvalue weighted by molar-refractivity contribution is 5.44. The number of hydrogen-bond donors (Lipinski definition) is 1. The van der Waals surface area contributed by atoms with Crippen molar-refractivity contribution in [3.63, 3.8) is 0 Å². The molecule has 1 aromatic rings. The van der Waals surface area contributed by atoms with Crippen LogP contribution in [0.4, 0.5) is 0 Å². The van der Waals surface area contributed by atoms with Crippen molar-refractivity contribution in [1.82, 2.24) is 4.90 Å². The maximum Gasteiger partial charge on any atom is 0.161 e. The first-order valence-electron chi connectivity index (χ1n) is 7.57. The summed E-state index contributed by atoms with van der Waals surface area (Å²) >= 11 is 0. The first-order chi connectivity index (χ1) is 9.79. The standard InChI is InChI=1S/C17H27NO3/c1-12(17(2,3)4)18(5)11-14(19)13-6-7-15-16(10-13)21-9-8-20-15/h6-7,10,12,14,19H,8-9,11H2,1-5H3. The number of aliphatic hydroxyl groups is 1. The van der Waals surface area contributed by atoms with Crippen LogP contribution in [0.25, 0.3) is 0 Å². The van der Waals surface area contributed by atoms with Gasteiger partial charge in [0.05, 0.1) is 6.10 Å². The van der Waals surface area contributed by atoms with Crippen LogP contribution in [0, 0.1) is 5.41 Å². The number of fused-ring (bicyclic) bond motifs is 1. The Bertz CT molecular complexity index is 481. The fourth-order valence-electron chi connectivity index (χ4n) is 2.46. The van der Waals surface area contributed by atoms with Gasteiger partial charge in [-0.25, -0.2) is 0 Å². The lowest BCUT2D eigenvalue weighted by Crippen LogP contribution is -2.41. The zero-order valence-electron chi connectivity index (χ0n) is 13.7. The van der Waals surface area contributed by atoms with Crippen molar-refractivity contribution >= 4 is 0 Å². The van der Waals surface area contributed by atoms with E-state index in [2.05, 4.69) is 39.6 Å². The van der Waals surface area contributed by atoms with Gasteiger partial charge in [0, 0.05) is 12.6 Å². The highest BCUT2D eigenvalue weighted by atomic mass is 16.6. The molecule has 1 aromatic carbocycles. The second-order valence-corrected chi connectivity index (χ2v) is 6.90. The van der Waals surface area contributed by atoms with E-state index in [1.807, 2.05) is 18.2 Å². The molecule has 0 amide bonds. The Kier molecular flexibility index (Phi) is 4.79. The summed E-state index contributed by atoms with van der Waals surface area (Å²) in [5.41, 5.74) is 1.05. The van der Waals surface area contributed by atoms with Crippen LogP contribution >= 0.6 is 0 Å². The Labute approximate surface area is 127 Å². The van der Waals surface area contributed by atoms with Gasteiger partial charge >= 0.3 is 0 Å². The lowest BCUT2D eigenvalue weighted by atomic mass is 9.87. The molecule has 1 heterocycles. The number of nitrogens with zero attached hydrogens (tertiary/aromatic N) is 1. The van der Waals surface area contributed by atoms with Crippen molar-refractivity contribution < 1.29 is 14.6 Å². The molecule has 0 aromatic heterocycles. The van der Waals surface area contributed by atoms with E-state index < -0.39 is 6.10 Å². The third kappa shape index (κ3) is 3.89. The lowest BCUT2D eigenvalue weighted by molar-refractivity contribution is 0.0711. The summed E-state index contributed by atoms with van der Waals surface area (Å²) in [7, 11) is 2.05. The predicted molar refractivity (Wildman–Crippen MR) is 83.9 cm³/mol. The Morgan fingerprint density at radius 3 is 2.43 bits per heavy atom. The van der Waals surface area contributed by atoms with Crippen molar-refractivity contribution in [1.29, 1.82) is 0 Å². The van der Waals surface area contributed by atoms with Gasteiger partial charge in [-0.05, 0) is 37.1 Å². The topological polar surface area (TPSA) is 41.9 Å². The summed E-state index contributed by atoms with van der Waals surface area (Å²) in [5.74, 6) is 1.48. The van der Waals surface area contributed by atoms with Crippen LogP contribution in [0.5, 0.6) is 11.5 Å². The quantitative estimate of drug-likeness (QED) is 0.927. The molecule has 1 aliphatic heterocycles. The molecule has 0 radical (unpaired) electrons. The number of aliphatic hydroxyl groups excluding tert-OH is 1. The summed E-state index contributed by atoms with van der Waals surface area (Å²) in [6, 6.07) is 6.05. The van der Waals surface area contributed by atoms with Crippen molar-refractivity contribution in [3.05, 3.63) is 23.8 Å². The molecule has 4 heteroatoms. The summed E-state index contributed by atoms with van der Waals surface area (Å²) in [6.07, 6.45) is -0.532. The lowest BCUT2D eigenvalue weighted by Gasteiger charge is -2.36. The minimum atomic E-state index is -0.532. The van der Waals surface area contributed by atoms with Crippen LogP contribution < -0.4 is 9.47 Å². The second-order valence-electron chi connectivity index (χ2n) is 6.90. The molecule has 0 spiro atoms. The summed E-state index contributed by atoms with van der Waals surface area (Å²) in [6.45, 7) is 10.6. The maximum absolute atomic E-state index is 10.5. The zero-order chi connectivity index (χ0) is 15.6. The van der Waals surface area contributed by atoms with E-state index in [9.17, 15) is 5.11 Å². The maximum atomic E-state index is 10.5. The van der Waals surface area contributed by atoms with E-state index >= 15 is 0 Å². The minimum absolute atomic E-state index is 0.182. The molecule has 0 aliphatic carbocycles. The number of hydrogen-bond acceptors (Lipinski definition) is 4. The average molecular weight is 293 g/mol. The van der Waals surface area contributed by atoms with Gasteiger partial charge in [0.15, 0.2) is 11.5 Å². The SMILES string of the molecule is CC(N(C)CC(O)c1ccc2c(c1)OCCO2)C(C)(C)C. The molecular formula is C17H27NO3. The smallest absolute Gasteiger partial charge is 0.161 e. The first kappa shape index (κ1) is 16.1. The van der Waals surface area contributed by atoms with Crippen molar-refractivity contribution in [2.45, 2.75) is 39.8 Å². The minimum Gasteiger partial charge on any atom is -0.486 e. The fourth-order valence-corrected chi connectivity index (χ4v) is 2.46. The predicted octanol–water partition coefficient (Wildman–Crippen LogP) is 2.86. The van der Waals surface area contributed by atoms with Gasteiger partial charge in [-0.1, -0.05) is 26.8 Å². The monoisotopic (exact) mass is 293 g/mol. The van der Waals surface area contributed by atoms with Gasteiger partial charge in [-0.3, -0.25) is 0 Å². The average Bonchev–Trinajstić information content (AvgIpc) is 2.44. The first-order valence-corrected chi connectivity index (χ1v) is 7.57. The number of ether oxygens (including phenoxy) is 2. The highest BCUT2D eigenvalue weighted by Gasteiger charge is 2.26. The number of rotatable bonds is 4. The van der Waals surface area contributed by atoms with Crippen LogP contribution in [0.15, 0.2) is 18.2 Å². The van der Waals surface area contributed by atoms with Gasteiger partial charge in [0.1, 0.15) is 13.2 Å². The van der Waals surface area contributed by atoms with Crippen molar-refractivity contribution in [3.8, 4) is 11.5 Å². The number of benzene rings is 1. The van der Waals surface area contributed by atoms with Crippen LogP contribution in [-0.2, 0) is 0 Å². The molecule has 1 N–H and O–H groups in total. The van der Waals surface area contributed by atoms with Gasteiger partial charge in [0.25, 0.3) is 0 Å². The van der Waals surface area contributed by atoms with Crippen LogP contribution in [0.1, 0.15) is 39.4 Å². The van der Waals surface area contributed by atoms with Crippen LogP contribution in [0.3, 0.4) is 0 Å². The molecule has 0 bridgehead atoms. The normalized spacial score (nSPS) is 17.7. The molecule has 4 nitrogen and oxygen atoms in total. The van der Waals surface area contributed by atoms with Gasteiger partial charge in [0.2, 0.25) is 0 Å². The summed E-state index contributed by atoms with van der Waals surface area (Å²) in [5, 5.41) is 10.5. The molecule has 0 saturated heterocycles. The van der Waals surface area contributed by atoms with E-state index in [-0.39, 0.29) is 5.41 Å². The van der Waals surface area contributed by atoms with E-state index in [0.29, 0.717) is 25.8 Å². The molecule has 118 valence electrons. The van der Waals surface area contributed by atoms with Crippen molar-refractivity contribution in [2.75, 3.05) is 26.8 Å². The Balaban J connectivity index is 2.05. The fraction of sp³-hybridized carbons (Fsp3) is 0.647. The molecule has 2 atom stereocenters. The molecule has 0 fully saturated rings. The number of likely N-dealkylation sites (N-methyl/N-ethyl adjacent to an activating group) is 1. The summed E-state index contributed by atoms with van der Waals surface area (Å²) < 4.78 is 11.1. The molecule has 0 saturated carbocycles. The Morgan fingerprint density at radius 1 is 1.19 bits per heavy atom. The van der Waals surface area contributed by atoms with E-state index in [0.717, 1.165) is 17.1 Å². The van der Waals surface area contributed by atoms with Crippen LogP contribution in [0.2, 0.25) is 0 Å². The zero-order valence-corrected chi connectivity index (χ0v) is 13.7. The van der Waals surface area contributed by atoms with Gasteiger partial charge in [-0.2, -0.15) is 0 Å². The summed E-state index contributed by atoms with van der Waals surface area (Å²) in [4.78, 5) is 2.20. The molecule has 21 heavy (non-hydrogen) atoms. The van der Waals surface area contributed by atoms with Gasteiger partial charge in [-0.15, -0.1) is 0 Å². The third-order valence-corrected chi connectivity index (χ3v) is 4.33. The third-order valence-electron chi connectivity index (χ3n) is 4.33. The van der Waals surface area contributed by atoms with Crippen molar-refractivity contribution in [2.24, 2.45) is 5.41 Å². The van der Waals surface area contributed by atoms with Crippen LogP contribution in [-0.4, -0.2) is 42.9 Å². The molecule has 2 unspecified atom stereocenters. The Hall–Kier alpha value is -1.26. The molecule has 2 rings (SSSR count). The molecular weight excluding hydrogens is 266 g/mol.